The topological polar surface area (TPSA) is 88.5 Å². The van der Waals surface area contributed by atoms with Crippen molar-refractivity contribution in [2.75, 3.05) is 5.32 Å². The van der Waals surface area contributed by atoms with Gasteiger partial charge >= 0.3 is 0 Å². The summed E-state index contributed by atoms with van der Waals surface area (Å²) in [4.78, 5) is 8.48. The lowest BCUT2D eigenvalue weighted by atomic mass is 9.88. The van der Waals surface area contributed by atoms with Gasteiger partial charge in [-0.1, -0.05) is 0 Å². The maximum atomic E-state index is 10.3. The number of hydrogen-bond donors (Lipinski definition) is 2. The number of rotatable bonds is 3. The first-order valence-corrected chi connectivity index (χ1v) is 7.90. The van der Waals surface area contributed by atoms with E-state index in [9.17, 15) is 5.11 Å². The Morgan fingerprint density at radius 2 is 2.12 bits per heavy atom. The van der Waals surface area contributed by atoms with Crippen molar-refractivity contribution in [1.82, 2.24) is 19.6 Å². The molecular formula is C17H15N5O2. The summed E-state index contributed by atoms with van der Waals surface area (Å²) in [6, 6.07) is 7.44. The monoisotopic (exact) mass is 321 g/mol. The van der Waals surface area contributed by atoms with Gasteiger partial charge in [-0.3, -0.25) is 4.98 Å². The van der Waals surface area contributed by atoms with Gasteiger partial charge < -0.3 is 14.8 Å². The second-order valence-electron chi connectivity index (χ2n) is 6.17. The fraction of sp³-hybridized carbons (Fsp3) is 0.235. The molecule has 4 aromatic heterocycles. The smallest absolute Gasteiger partial charge is 0.155 e. The van der Waals surface area contributed by atoms with Gasteiger partial charge in [-0.25, -0.2) is 9.50 Å². The molecule has 1 saturated carbocycles. The molecule has 2 N–H and O–H groups in total. The minimum Gasteiger partial charge on any atom is -0.454 e. The molecule has 0 atom stereocenters. The Balaban J connectivity index is 1.60. The average molecular weight is 321 g/mol. The predicted octanol–water partition coefficient (Wildman–Crippen LogP) is 2.82. The summed E-state index contributed by atoms with van der Waals surface area (Å²) in [5.74, 6) is 1.29. The molecule has 0 bridgehead atoms. The summed E-state index contributed by atoms with van der Waals surface area (Å²) in [5, 5.41) is 18.9. The van der Waals surface area contributed by atoms with Gasteiger partial charge in [0, 0.05) is 17.8 Å². The van der Waals surface area contributed by atoms with E-state index in [1.54, 1.807) is 23.1 Å². The molecule has 1 fully saturated rings. The van der Waals surface area contributed by atoms with E-state index in [1.807, 2.05) is 24.3 Å². The minimum atomic E-state index is -0.841. The van der Waals surface area contributed by atoms with Crippen LogP contribution in [0.15, 0.2) is 47.3 Å². The molecule has 0 amide bonds. The quantitative estimate of drug-likeness (QED) is 0.564. The first kappa shape index (κ1) is 13.5. The van der Waals surface area contributed by atoms with Gasteiger partial charge in [0.15, 0.2) is 11.4 Å². The average Bonchev–Trinajstić information content (AvgIpc) is 3.16. The molecule has 0 spiro atoms. The van der Waals surface area contributed by atoms with Crippen LogP contribution < -0.4 is 5.32 Å². The number of hydrogen-bond acceptors (Lipinski definition) is 6. The van der Waals surface area contributed by atoms with Crippen molar-refractivity contribution in [3.05, 3.63) is 42.9 Å². The Labute approximate surface area is 137 Å². The normalized spacial score (nSPS) is 16.4. The predicted molar refractivity (Wildman–Crippen MR) is 88.4 cm³/mol. The maximum absolute atomic E-state index is 10.3. The number of aliphatic hydroxyl groups is 1. The molecule has 0 unspecified atom stereocenters. The van der Waals surface area contributed by atoms with E-state index in [-0.39, 0.29) is 0 Å². The fourth-order valence-corrected chi connectivity index (χ4v) is 2.99. The molecule has 0 aromatic carbocycles. The van der Waals surface area contributed by atoms with Crippen LogP contribution in [0.1, 0.15) is 19.3 Å². The van der Waals surface area contributed by atoms with Crippen molar-refractivity contribution in [2.45, 2.75) is 25.0 Å². The van der Waals surface area contributed by atoms with Crippen LogP contribution in [0.4, 0.5) is 5.82 Å². The second-order valence-corrected chi connectivity index (χ2v) is 6.17. The van der Waals surface area contributed by atoms with E-state index in [0.717, 1.165) is 41.6 Å². The minimum absolute atomic E-state index is 0.613. The molecule has 4 aromatic rings. The zero-order chi connectivity index (χ0) is 16.1. The standard InChI is InChI=1S/C17H15N5O2/c23-17(5-1-6-17)20-15-2-3-16-19-10-12(22(16)21-15)14-8-11-9-18-7-4-13(11)24-14/h2-4,7-10,23H,1,5-6H2,(H,20,21). The van der Waals surface area contributed by atoms with Crippen LogP contribution in [0, 0.1) is 0 Å². The molecule has 1 aliphatic carbocycles. The number of furan rings is 1. The molecule has 4 heterocycles. The highest BCUT2D eigenvalue weighted by atomic mass is 16.3. The number of nitrogens with one attached hydrogen (secondary N) is 1. The van der Waals surface area contributed by atoms with E-state index in [2.05, 4.69) is 20.4 Å². The molecule has 0 radical (unpaired) electrons. The van der Waals surface area contributed by atoms with Gasteiger partial charge in [-0.05, 0) is 43.5 Å². The molecule has 7 nitrogen and oxygen atoms in total. The molecule has 24 heavy (non-hydrogen) atoms. The highest BCUT2D eigenvalue weighted by Crippen LogP contribution is 2.32. The lowest BCUT2D eigenvalue weighted by Crippen LogP contribution is -2.45. The third-order valence-electron chi connectivity index (χ3n) is 4.47. The van der Waals surface area contributed by atoms with Crippen LogP contribution in [0.25, 0.3) is 28.1 Å². The summed E-state index contributed by atoms with van der Waals surface area (Å²) in [5.41, 5.74) is 1.40. The van der Waals surface area contributed by atoms with Gasteiger partial charge in [0.1, 0.15) is 22.8 Å². The number of anilines is 1. The first-order valence-electron chi connectivity index (χ1n) is 7.90. The molecule has 5 rings (SSSR count). The summed E-state index contributed by atoms with van der Waals surface area (Å²) < 4.78 is 7.60. The van der Waals surface area contributed by atoms with Crippen LogP contribution in [0.5, 0.6) is 0 Å². The highest BCUT2D eigenvalue weighted by molar-refractivity contribution is 5.81. The van der Waals surface area contributed by atoms with Crippen LogP contribution in [-0.4, -0.2) is 30.4 Å². The highest BCUT2D eigenvalue weighted by Gasteiger charge is 2.34. The van der Waals surface area contributed by atoms with Crippen molar-refractivity contribution < 1.29 is 9.52 Å². The third kappa shape index (κ3) is 2.05. The molecule has 1 aliphatic rings. The van der Waals surface area contributed by atoms with Gasteiger partial charge in [0.2, 0.25) is 0 Å². The summed E-state index contributed by atoms with van der Waals surface area (Å²) in [6.07, 6.45) is 7.69. The van der Waals surface area contributed by atoms with E-state index in [0.29, 0.717) is 11.6 Å². The largest absolute Gasteiger partial charge is 0.454 e. The fourth-order valence-electron chi connectivity index (χ4n) is 2.99. The first-order chi connectivity index (χ1) is 11.7. The van der Waals surface area contributed by atoms with E-state index < -0.39 is 5.72 Å². The van der Waals surface area contributed by atoms with Crippen molar-refractivity contribution in [3.63, 3.8) is 0 Å². The van der Waals surface area contributed by atoms with Gasteiger partial charge in [-0.15, -0.1) is 5.10 Å². The molecular weight excluding hydrogens is 306 g/mol. The van der Waals surface area contributed by atoms with Crippen molar-refractivity contribution in [3.8, 4) is 11.5 Å². The van der Waals surface area contributed by atoms with E-state index >= 15 is 0 Å². The van der Waals surface area contributed by atoms with Crippen LogP contribution in [-0.2, 0) is 0 Å². The van der Waals surface area contributed by atoms with Gasteiger partial charge in [0.05, 0.1) is 6.20 Å². The Kier molecular flexibility index (Phi) is 2.69. The molecule has 0 aliphatic heterocycles. The summed E-state index contributed by atoms with van der Waals surface area (Å²) in [7, 11) is 0. The zero-order valence-corrected chi connectivity index (χ0v) is 12.8. The SMILES string of the molecule is OC1(Nc2ccc3ncc(-c4cc5cnccc5o4)n3n2)CCC1. The van der Waals surface area contributed by atoms with Gasteiger partial charge in [0.25, 0.3) is 0 Å². The lowest BCUT2D eigenvalue weighted by molar-refractivity contribution is -0.00584. The Morgan fingerprint density at radius 1 is 1.21 bits per heavy atom. The molecule has 120 valence electrons. The maximum Gasteiger partial charge on any atom is 0.155 e. The van der Waals surface area contributed by atoms with Gasteiger partial charge in [-0.2, -0.15) is 0 Å². The van der Waals surface area contributed by atoms with Crippen molar-refractivity contribution >= 4 is 22.4 Å². The van der Waals surface area contributed by atoms with Crippen molar-refractivity contribution in [1.29, 1.82) is 0 Å². The van der Waals surface area contributed by atoms with Crippen molar-refractivity contribution in [2.24, 2.45) is 0 Å². The van der Waals surface area contributed by atoms with Crippen LogP contribution >= 0.6 is 0 Å². The van der Waals surface area contributed by atoms with E-state index in [1.165, 1.54) is 0 Å². The summed E-state index contributed by atoms with van der Waals surface area (Å²) >= 11 is 0. The summed E-state index contributed by atoms with van der Waals surface area (Å²) in [6.45, 7) is 0. The Bertz CT molecular complexity index is 1010. The Hall–Kier alpha value is -2.93. The molecule has 0 saturated heterocycles. The van der Waals surface area contributed by atoms with Crippen LogP contribution in [0.2, 0.25) is 0 Å². The number of nitrogens with zero attached hydrogens (tertiary/aromatic N) is 4. The number of pyridine rings is 1. The van der Waals surface area contributed by atoms with E-state index in [4.69, 9.17) is 4.42 Å². The second kappa shape index (κ2) is 4.78. The number of imidazole rings is 1. The third-order valence-corrected chi connectivity index (χ3v) is 4.47. The lowest BCUT2D eigenvalue weighted by Gasteiger charge is -2.37. The Morgan fingerprint density at radius 3 is 2.92 bits per heavy atom. The molecule has 7 heteroatoms. The number of fused-ring (bicyclic) bond motifs is 2. The van der Waals surface area contributed by atoms with Crippen LogP contribution in [0.3, 0.4) is 0 Å². The number of aromatic nitrogens is 4. The zero-order valence-electron chi connectivity index (χ0n) is 12.8.